The van der Waals surface area contributed by atoms with Gasteiger partial charge in [0.1, 0.15) is 6.04 Å². The van der Waals surface area contributed by atoms with E-state index in [4.69, 9.17) is 4.42 Å². The molecule has 0 saturated carbocycles. The fourth-order valence-corrected chi connectivity index (χ4v) is 3.16. The Bertz CT molecular complexity index is 986. The van der Waals surface area contributed by atoms with E-state index in [1.54, 1.807) is 30.3 Å². The molecule has 1 atom stereocenters. The van der Waals surface area contributed by atoms with Crippen molar-refractivity contribution in [3.05, 3.63) is 52.8 Å². The maximum atomic E-state index is 12.6. The highest BCUT2D eigenvalue weighted by Gasteiger charge is 2.35. The van der Waals surface area contributed by atoms with Crippen molar-refractivity contribution < 1.29 is 14.0 Å². The van der Waals surface area contributed by atoms with E-state index >= 15 is 0 Å². The first kappa shape index (κ1) is 15.3. The Morgan fingerprint density at radius 3 is 2.84 bits per heavy atom. The highest BCUT2D eigenvalue weighted by Crippen LogP contribution is 2.22. The topological polar surface area (TPSA) is 111 Å². The van der Waals surface area contributed by atoms with Gasteiger partial charge in [0.05, 0.1) is 17.3 Å². The normalized spacial score (nSPS) is 17.1. The molecule has 2 amide bonds. The average molecular weight is 340 g/mol. The number of aromatic nitrogens is 2. The lowest BCUT2D eigenvalue weighted by Gasteiger charge is -2.23. The van der Waals surface area contributed by atoms with E-state index < -0.39 is 6.04 Å². The molecule has 8 heteroatoms. The predicted octanol–water partition coefficient (Wildman–Crippen LogP) is 1.69. The molecule has 1 unspecified atom stereocenters. The molecule has 8 nitrogen and oxygen atoms in total. The Labute approximate surface area is 141 Å². The number of furan rings is 1. The monoisotopic (exact) mass is 340 g/mol. The molecule has 1 fully saturated rings. The summed E-state index contributed by atoms with van der Waals surface area (Å²) >= 11 is 0. The summed E-state index contributed by atoms with van der Waals surface area (Å²) in [6.07, 6.45) is 2.79. The lowest BCUT2D eigenvalue weighted by atomic mass is 10.2. The minimum atomic E-state index is -0.543. The summed E-state index contributed by atoms with van der Waals surface area (Å²) in [7, 11) is 0. The molecule has 1 aliphatic rings. The Morgan fingerprint density at radius 2 is 2.04 bits per heavy atom. The molecule has 3 N–H and O–H groups in total. The van der Waals surface area contributed by atoms with Gasteiger partial charge in [0.15, 0.2) is 5.76 Å². The number of likely N-dealkylation sites (tertiary alicyclic amines) is 1. The van der Waals surface area contributed by atoms with Gasteiger partial charge in [-0.2, -0.15) is 0 Å². The van der Waals surface area contributed by atoms with Gasteiger partial charge in [-0.05, 0) is 43.2 Å². The van der Waals surface area contributed by atoms with Gasteiger partial charge in [0.2, 0.25) is 5.91 Å². The van der Waals surface area contributed by atoms with E-state index in [0.717, 1.165) is 6.42 Å². The van der Waals surface area contributed by atoms with Crippen LogP contribution in [0.25, 0.3) is 11.0 Å². The quantitative estimate of drug-likeness (QED) is 0.673. The molecule has 1 saturated heterocycles. The summed E-state index contributed by atoms with van der Waals surface area (Å²) in [6.45, 7) is 0.516. The maximum absolute atomic E-state index is 12.6. The van der Waals surface area contributed by atoms with Crippen molar-refractivity contribution >= 4 is 28.5 Å². The van der Waals surface area contributed by atoms with Crippen molar-refractivity contribution in [2.24, 2.45) is 0 Å². The molecule has 0 radical (unpaired) electrons. The Hall–Kier alpha value is -3.29. The van der Waals surface area contributed by atoms with E-state index in [2.05, 4.69) is 15.3 Å². The molecule has 0 aliphatic carbocycles. The van der Waals surface area contributed by atoms with Crippen LogP contribution < -0.4 is 11.0 Å². The number of nitrogens with one attached hydrogen (secondary N) is 3. The minimum Gasteiger partial charge on any atom is -0.459 e. The van der Waals surface area contributed by atoms with Crippen LogP contribution in [0, 0.1) is 0 Å². The first-order valence-corrected chi connectivity index (χ1v) is 7.99. The van der Waals surface area contributed by atoms with Gasteiger partial charge < -0.3 is 24.6 Å². The van der Waals surface area contributed by atoms with Crippen molar-refractivity contribution in [3.8, 4) is 0 Å². The van der Waals surface area contributed by atoms with Crippen LogP contribution in [0.15, 0.2) is 45.8 Å². The lowest BCUT2D eigenvalue weighted by Crippen LogP contribution is -2.43. The molecule has 4 rings (SSSR count). The number of anilines is 1. The Balaban J connectivity index is 1.52. The number of aromatic amines is 2. The fraction of sp³-hybridized carbons (Fsp3) is 0.235. The third-order valence-electron chi connectivity index (χ3n) is 4.33. The van der Waals surface area contributed by atoms with Crippen LogP contribution in [-0.2, 0) is 4.79 Å². The zero-order chi connectivity index (χ0) is 17.4. The molecule has 1 aliphatic heterocycles. The van der Waals surface area contributed by atoms with Crippen LogP contribution >= 0.6 is 0 Å². The number of nitrogens with zero attached hydrogens (tertiary/aromatic N) is 1. The van der Waals surface area contributed by atoms with Gasteiger partial charge in [0, 0.05) is 12.2 Å². The van der Waals surface area contributed by atoms with E-state index in [0.29, 0.717) is 29.7 Å². The smallest absolute Gasteiger partial charge is 0.323 e. The first-order valence-electron chi connectivity index (χ1n) is 7.99. The van der Waals surface area contributed by atoms with Gasteiger partial charge in [-0.25, -0.2) is 4.79 Å². The second-order valence-electron chi connectivity index (χ2n) is 5.96. The first-order chi connectivity index (χ1) is 12.1. The van der Waals surface area contributed by atoms with E-state index in [1.807, 2.05) is 0 Å². The fourth-order valence-electron chi connectivity index (χ4n) is 3.16. The van der Waals surface area contributed by atoms with Gasteiger partial charge in [-0.3, -0.25) is 9.59 Å². The predicted molar refractivity (Wildman–Crippen MR) is 90.3 cm³/mol. The van der Waals surface area contributed by atoms with Crippen molar-refractivity contribution in [1.29, 1.82) is 0 Å². The number of carbonyl (C=O) groups excluding carboxylic acids is 2. The third-order valence-corrected chi connectivity index (χ3v) is 4.33. The molecule has 0 bridgehead atoms. The van der Waals surface area contributed by atoms with Gasteiger partial charge >= 0.3 is 5.69 Å². The molecule has 3 aromatic rings. The summed E-state index contributed by atoms with van der Waals surface area (Å²) in [5.41, 5.74) is 1.53. The SMILES string of the molecule is O=C(Nc1ccc2[nH]c(=O)[nH]c2c1)C1CCCN1C(=O)c1ccco1. The number of carbonyl (C=O) groups is 2. The number of benzene rings is 1. The second-order valence-corrected chi connectivity index (χ2v) is 5.96. The highest BCUT2D eigenvalue weighted by atomic mass is 16.3. The van der Waals surface area contributed by atoms with E-state index in [-0.39, 0.29) is 23.3 Å². The minimum absolute atomic E-state index is 0.228. The summed E-state index contributed by atoms with van der Waals surface area (Å²) in [5.74, 6) is -0.311. The van der Waals surface area contributed by atoms with Crippen molar-refractivity contribution in [2.75, 3.05) is 11.9 Å². The van der Waals surface area contributed by atoms with Crippen LogP contribution in [-0.4, -0.2) is 39.3 Å². The van der Waals surface area contributed by atoms with Crippen molar-refractivity contribution in [2.45, 2.75) is 18.9 Å². The van der Waals surface area contributed by atoms with E-state index in [1.165, 1.54) is 11.2 Å². The summed E-state index contributed by atoms with van der Waals surface area (Å²) in [5, 5.41) is 2.82. The molecule has 128 valence electrons. The number of H-pyrrole nitrogens is 2. The number of hydrogen-bond donors (Lipinski definition) is 3. The molecule has 3 heterocycles. The molecule has 2 aromatic heterocycles. The van der Waals surface area contributed by atoms with Crippen molar-refractivity contribution in [1.82, 2.24) is 14.9 Å². The number of hydrogen-bond acceptors (Lipinski definition) is 4. The molecule has 25 heavy (non-hydrogen) atoms. The molecular weight excluding hydrogens is 324 g/mol. The Kier molecular flexibility index (Phi) is 3.64. The lowest BCUT2D eigenvalue weighted by molar-refractivity contribution is -0.119. The van der Waals surface area contributed by atoms with E-state index in [9.17, 15) is 14.4 Å². The number of fused-ring (bicyclic) bond motifs is 1. The molecular formula is C17H16N4O4. The standard InChI is InChI=1S/C17H16N4O4/c22-15(18-10-5-6-11-12(9-10)20-17(24)19-11)13-3-1-7-21(13)16(23)14-4-2-8-25-14/h2,4-6,8-9,13H,1,3,7H2,(H,18,22)(H2,19,20,24). The maximum Gasteiger partial charge on any atom is 0.323 e. The zero-order valence-electron chi connectivity index (χ0n) is 13.2. The summed E-state index contributed by atoms with van der Waals surface area (Å²) in [4.78, 5) is 43.2. The Morgan fingerprint density at radius 1 is 1.20 bits per heavy atom. The van der Waals surface area contributed by atoms with Crippen LogP contribution in [0.2, 0.25) is 0 Å². The zero-order valence-corrected chi connectivity index (χ0v) is 13.2. The number of amides is 2. The van der Waals surface area contributed by atoms with Gasteiger partial charge in [0.25, 0.3) is 5.91 Å². The van der Waals surface area contributed by atoms with Crippen molar-refractivity contribution in [3.63, 3.8) is 0 Å². The highest BCUT2D eigenvalue weighted by molar-refractivity contribution is 6.01. The largest absolute Gasteiger partial charge is 0.459 e. The average Bonchev–Trinajstić information content (AvgIpc) is 3.33. The molecule has 0 spiro atoms. The van der Waals surface area contributed by atoms with Crippen LogP contribution in [0.4, 0.5) is 5.69 Å². The second kappa shape index (κ2) is 5.97. The van der Waals surface area contributed by atoms with Crippen LogP contribution in [0.1, 0.15) is 23.4 Å². The summed E-state index contributed by atoms with van der Waals surface area (Å²) in [6, 6.07) is 7.79. The third kappa shape index (κ3) is 2.82. The van der Waals surface area contributed by atoms with Crippen LogP contribution in [0.3, 0.4) is 0 Å². The van der Waals surface area contributed by atoms with Gasteiger partial charge in [-0.1, -0.05) is 0 Å². The summed E-state index contributed by atoms with van der Waals surface area (Å²) < 4.78 is 5.14. The molecule has 1 aromatic carbocycles. The number of imidazole rings is 1. The number of rotatable bonds is 3. The van der Waals surface area contributed by atoms with Crippen LogP contribution in [0.5, 0.6) is 0 Å². The van der Waals surface area contributed by atoms with Gasteiger partial charge in [-0.15, -0.1) is 0 Å².